The minimum atomic E-state index is -3.29. The van der Waals surface area contributed by atoms with Crippen LogP contribution in [-0.2, 0) is 22.6 Å². The first-order valence-corrected chi connectivity index (χ1v) is 16.9. The normalized spacial score (nSPS) is 20.8. The van der Waals surface area contributed by atoms with Crippen molar-refractivity contribution in [3.8, 4) is 5.75 Å². The minimum absolute atomic E-state index is 0.412. The molecule has 9 nitrogen and oxygen atoms in total. The van der Waals surface area contributed by atoms with E-state index in [-0.39, 0.29) is 0 Å². The van der Waals surface area contributed by atoms with E-state index in [1.807, 2.05) is 65.8 Å². The number of aryl methyl sites for hydroxylation is 1. The highest BCUT2D eigenvalue weighted by atomic mass is 31.3. The Morgan fingerprint density at radius 2 is 0.853 bits per heavy atom. The van der Waals surface area contributed by atoms with Gasteiger partial charge < -0.3 is 22.6 Å². The van der Waals surface area contributed by atoms with Gasteiger partial charge in [0.05, 0.1) is 33.0 Å². The third-order valence-corrected chi connectivity index (χ3v) is 12.7. The summed E-state index contributed by atoms with van der Waals surface area (Å²) in [6.07, 6.45) is 3.93. The van der Waals surface area contributed by atoms with Crippen LogP contribution in [0.2, 0.25) is 0 Å². The molecule has 0 amide bonds. The highest BCUT2D eigenvalue weighted by Crippen LogP contribution is 2.80. The first kappa shape index (κ1) is 29.7. The molecule has 0 N–H and O–H groups in total. The van der Waals surface area contributed by atoms with Gasteiger partial charge in [-0.15, -0.1) is 13.5 Å². The van der Waals surface area contributed by atoms with Crippen molar-refractivity contribution in [2.75, 3.05) is 33.0 Å². The number of rotatable bonds is 17. The van der Waals surface area contributed by atoms with E-state index in [1.165, 1.54) is 0 Å². The van der Waals surface area contributed by atoms with Crippen molar-refractivity contribution >= 4 is 23.0 Å². The lowest BCUT2D eigenvalue weighted by atomic mass is 10.2. The quantitative estimate of drug-likeness (QED) is 0.184. The Morgan fingerprint density at radius 3 is 1.24 bits per heavy atom. The number of hydrogen-bond acceptors (Lipinski definition) is 9. The van der Waals surface area contributed by atoms with Crippen molar-refractivity contribution in [1.82, 2.24) is 0 Å². The molecule has 1 aromatic rings. The molecule has 34 heavy (non-hydrogen) atoms. The molecule has 0 aliphatic carbocycles. The third-order valence-electron chi connectivity index (χ3n) is 4.24. The van der Waals surface area contributed by atoms with Gasteiger partial charge in [-0.25, -0.2) is 0 Å². The van der Waals surface area contributed by atoms with Gasteiger partial charge in [0.2, 0.25) is 0 Å². The SMILES string of the molecule is CCCOP1(OCCC)=NP(OCCC)(OCCC)=NP(OCCC)(Oc2ccc(C)cc2)=N1. The highest BCUT2D eigenvalue weighted by molar-refractivity contribution is 7.78. The van der Waals surface area contributed by atoms with Crippen LogP contribution in [0, 0.1) is 6.92 Å². The van der Waals surface area contributed by atoms with Crippen LogP contribution >= 0.6 is 23.0 Å². The zero-order valence-electron chi connectivity index (χ0n) is 21.5. The molecule has 196 valence electrons. The van der Waals surface area contributed by atoms with Gasteiger partial charge >= 0.3 is 23.0 Å². The van der Waals surface area contributed by atoms with Gasteiger partial charge in [0, 0.05) is 0 Å². The molecule has 12 heteroatoms. The van der Waals surface area contributed by atoms with Crippen LogP contribution in [-0.4, -0.2) is 33.0 Å². The van der Waals surface area contributed by atoms with Crippen LogP contribution in [0.25, 0.3) is 0 Å². The van der Waals surface area contributed by atoms with Gasteiger partial charge in [0.1, 0.15) is 5.75 Å². The van der Waals surface area contributed by atoms with Crippen LogP contribution in [0.4, 0.5) is 0 Å². The van der Waals surface area contributed by atoms with Gasteiger partial charge in [-0.2, -0.15) is 0 Å². The van der Waals surface area contributed by atoms with E-state index in [2.05, 4.69) is 0 Å². The number of benzene rings is 1. The van der Waals surface area contributed by atoms with Crippen LogP contribution < -0.4 is 4.52 Å². The second-order valence-corrected chi connectivity index (χ2v) is 14.4. The summed E-state index contributed by atoms with van der Waals surface area (Å²) in [5, 5.41) is 0. The fourth-order valence-corrected chi connectivity index (χ4v) is 12.5. The zero-order valence-corrected chi connectivity index (χ0v) is 24.2. The molecule has 2 rings (SSSR count). The molecule has 0 spiro atoms. The monoisotopic (exact) mass is 537 g/mol. The minimum Gasteiger partial charge on any atom is -0.422 e. The van der Waals surface area contributed by atoms with Gasteiger partial charge in [0.25, 0.3) is 0 Å². The summed E-state index contributed by atoms with van der Waals surface area (Å²) in [4.78, 5) is 0. The van der Waals surface area contributed by atoms with Crippen LogP contribution in [0.3, 0.4) is 0 Å². The average Bonchev–Trinajstić information content (AvgIpc) is 2.84. The molecule has 0 aromatic heterocycles. The predicted molar refractivity (Wildman–Crippen MR) is 141 cm³/mol. The maximum absolute atomic E-state index is 6.46. The molecule has 0 fully saturated rings. The number of nitrogens with zero attached hydrogens (tertiary/aromatic N) is 3. The van der Waals surface area contributed by atoms with Gasteiger partial charge in [0.15, 0.2) is 0 Å². The lowest BCUT2D eigenvalue weighted by molar-refractivity contribution is 0.225. The molecule has 1 aliphatic rings. The summed E-state index contributed by atoms with van der Waals surface area (Å²) in [5.74, 6) is 0.609. The summed E-state index contributed by atoms with van der Waals surface area (Å²) in [7, 11) is -9.65. The molecular formula is C22H42N3O6P3. The standard InChI is InChI=1S/C22H42N3O6P3/c1-7-16-26-32(27-17-8-2)23-33(28-18-9-3,29-19-10-4)25-34(24-32,30-20-11-5)31-22-14-12-21(6)13-15-22/h12-15H,7-11,16-20H2,1-6H3. The van der Waals surface area contributed by atoms with Gasteiger partial charge in [-0.05, 0) is 51.2 Å². The second-order valence-electron chi connectivity index (χ2n) is 7.81. The van der Waals surface area contributed by atoms with Crippen molar-refractivity contribution in [1.29, 1.82) is 0 Å². The van der Waals surface area contributed by atoms with Crippen molar-refractivity contribution < 1.29 is 27.1 Å². The fourth-order valence-electron chi connectivity index (χ4n) is 2.67. The zero-order chi connectivity index (χ0) is 24.9. The molecule has 0 saturated heterocycles. The van der Waals surface area contributed by atoms with E-state index < -0.39 is 23.0 Å². The topological polar surface area (TPSA) is 92.5 Å². The Hall–Kier alpha value is -0.490. The average molecular weight is 538 g/mol. The first-order valence-electron chi connectivity index (χ1n) is 12.3. The number of hydrogen-bond donors (Lipinski definition) is 0. The second kappa shape index (κ2) is 14.9. The van der Waals surface area contributed by atoms with E-state index in [1.54, 1.807) is 0 Å². The Labute approximate surface area is 206 Å². The molecule has 1 heterocycles. The molecule has 1 unspecified atom stereocenters. The Kier molecular flexibility index (Phi) is 13.1. The van der Waals surface area contributed by atoms with E-state index >= 15 is 0 Å². The smallest absolute Gasteiger partial charge is 0.402 e. The van der Waals surface area contributed by atoms with Crippen LogP contribution in [0.15, 0.2) is 37.8 Å². The molecule has 1 aliphatic heterocycles. The van der Waals surface area contributed by atoms with Crippen molar-refractivity contribution in [2.24, 2.45) is 13.5 Å². The maximum atomic E-state index is 6.46. The molecular weight excluding hydrogens is 495 g/mol. The van der Waals surface area contributed by atoms with Crippen LogP contribution in [0.1, 0.15) is 72.3 Å². The molecule has 0 radical (unpaired) electrons. The lowest BCUT2D eigenvalue weighted by Crippen LogP contribution is -2.07. The predicted octanol–water partition coefficient (Wildman–Crippen LogP) is 9.36. The molecule has 0 saturated carbocycles. The third kappa shape index (κ3) is 8.87. The summed E-state index contributed by atoms with van der Waals surface area (Å²) < 4.78 is 52.6. The van der Waals surface area contributed by atoms with Gasteiger partial charge in [-0.3, -0.25) is 4.52 Å². The van der Waals surface area contributed by atoms with Crippen LogP contribution in [0.5, 0.6) is 5.75 Å². The van der Waals surface area contributed by atoms with Crippen molar-refractivity contribution in [3.05, 3.63) is 29.8 Å². The Bertz CT molecular complexity index is 864. The summed E-state index contributed by atoms with van der Waals surface area (Å²) in [6.45, 7) is 14.3. The highest BCUT2D eigenvalue weighted by Gasteiger charge is 2.43. The van der Waals surface area contributed by atoms with Crippen molar-refractivity contribution in [2.45, 2.75) is 73.6 Å². The fraction of sp³-hybridized carbons (Fsp3) is 0.727. The Balaban J connectivity index is 2.78. The van der Waals surface area contributed by atoms with Gasteiger partial charge in [-0.1, -0.05) is 52.3 Å². The van der Waals surface area contributed by atoms with E-state index in [0.717, 1.165) is 37.7 Å². The molecule has 1 aromatic carbocycles. The van der Waals surface area contributed by atoms with E-state index in [9.17, 15) is 0 Å². The van der Waals surface area contributed by atoms with E-state index in [4.69, 9.17) is 40.7 Å². The largest absolute Gasteiger partial charge is 0.422 e. The summed E-state index contributed by atoms with van der Waals surface area (Å²) in [6, 6.07) is 7.74. The first-order chi connectivity index (χ1) is 16.4. The Morgan fingerprint density at radius 1 is 0.529 bits per heavy atom. The maximum Gasteiger partial charge on any atom is 0.402 e. The van der Waals surface area contributed by atoms with E-state index in [0.29, 0.717) is 38.8 Å². The lowest BCUT2D eigenvalue weighted by Gasteiger charge is -2.33. The summed E-state index contributed by atoms with van der Waals surface area (Å²) >= 11 is 0. The van der Waals surface area contributed by atoms with Crippen molar-refractivity contribution in [3.63, 3.8) is 0 Å². The summed E-state index contributed by atoms with van der Waals surface area (Å²) in [5.41, 5.74) is 1.13. The molecule has 0 bridgehead atoms. The molecule has 1 atom stereocenters.